The fraction of sp³-hybridized carbons (Fsp3) is 0.571. The number of thiazole rings is 1. The monoisotopic (exact) mass is 305 g/mol. The third-order valence-electron chi connectivity index (χ3n) is 3.77. The standard InChI is InChI=1S/C14H19N5OS/c1-4-10-16-17-11-8-18(6-7-19(10)11)14(20)13-9(3)15-12(5-2)21-13/h4-8H2,1-3H3. The van der Waals surface area contributed by atoms with Crippen molar-refractivity contribution in [1.82, 2.24) is 24.6 Å². The summed E-state index contributed by atoms with van der Waals surface area (Å²) in [6, 6.07) is 0. The number of fused-ring (bicyclic) bond motifs is 1. The lowest BCUT2D eigenvalue weighted by Crippen LogP contribution is -2.38. The summed E-state index contributed by atoms with van der Waals surface area (Å²) in [7, 11) is 0. The van der Waals surface area contributed by atoms with Crippen molar-refractivity contribution in [1.29, 1.82) is 0 Å². The summed E-state index contributed by atoms with van der Waals surface area (Å²) in [5.41, 5.74) is 0.836. The number of nitrogens with zero attached hydrogens (tertiary/aromatic N) is 5. The average Bonchev–Trinajstić information content (AvgIpc) is 3.08. The largest absolute Gasteiger partial charge is 0.329 e. The van der Waals surface area contributed by atoms with Crippen LogP contribution in [-0.4, -0.2) is 37.1 Å². The second-order valence-corrected chi connectivity index (χ2v) is 6.22. The molecule has 1 aliphatic heterocycles. The van der Waals surface area contributed by atoms with Gasteiger partial charge in [-0.1, -0.05) is 13.8 Å². The number of carbonyl (C=O) groups excluding carboxylic acids is 1. The van der Waals surface area contributed by atoms with Gasteiger partial charge in [-0.3, -0.25) is 4.79 Å². The summed E-state index contributed by atoms with van der Waals surface area (Å²) in [5, 5.41) is 9.41. The number of amides is 1. The van der Waals surface area contributed by atoms with E-state index in [4.69, 9.17) is 0 Å². The van der Waals surface area contributed by atoms with Crippen LogP contribution in [0.25, 0.3) is 0 Å². The first-order chi connectivity index (χ1) is 10.1. The Morgan fingerprint density at radius 2 is 2.05 bits per heavy atom. The van der Waals surface area contributed by atoms with Crippen LogP contribution in [0.3, 0.4) is 0 Å². The normalized spacial score (nSPS) is 14.3. The molecule has 2 aromatic rings. The number of hydrogen-bond donors (Lipinski definition) is 0. The predicted octanol–water partition coefficient (Wildman–Crippen LogP) is 1.82. The van der Waals surface area contributed by atoms with Crippen LogP contribution in [0.4, 0.5) is 0 Å². The Morgan fingerprint density at radius 3 is 2.71 bits per heavy atom. The number of carbonyl (C=O) groups is 1. The molecule has 1 amide bonds. The van der Waals surface area contributed by atoms with Crippen LogP contribution in [0, 0.1) is 6.92 Å². The van der Waals surface area contributed by atoms with E-state index in [9.17, 15) is 4.79 Å². The minimum Gasteiger partial charge on any atom is -0.329 e. The van der Waals surface area contributed by atoms with Crippen molar-refractivity contribution in [2.24, 2.45) is 0 Å². The van der Waals surface area contributed by atoms with Gasteiger partial charge in [0.1, 0.15) is 10.7 Å². The molecule has 0 spiro atoms. The van der Waals surface area contributed by atoms with Crippen molar-refractivity contribution in [3.63, 3.8) is 0 Å². The molecule has 1 aliphatic rings. The second kappa shape index (κ2) is 5.55. The minimum atomic E-state index is 0.0667. The van der Waals surface area contributed by atoms with E-state index in [1.165, 1.54) is 11.3 Å². The molecule has 0 saturated carbocycles. The van der Waals surface area contributed by atoms with E-state index in [-0.39, 0.29) is 5.91 Å². The first kappa shape index (κ1) is 14.2. The summed E-state index contributed by atoms with van der Waals surface area (Å²) >= 11 is 1.51. The maximum Gasteiger partial charge on any atom is 0.266 e. The summed E-state index contributed by atoms with van der Waals surface area (Å²) in [5.74, 6) is 1.95. The molecular weight excluding hydrogens is 286 g/mol. The van der Waals surface area contributed by atoms with Crippen molar-refractivity contribution in [3.05, 3.63) is 27.2 Å². The average molecular weight is 305 g/mol. The van der Waals surface area contributed by atoms with Crippen molar-refractivity contribution >= 4 is 17.2 Å². The predicted molar refractivity (Wildman–Crippen MR) is 80.4 cm³/mol. The lowest BCUT2D eigenvalue weighted by atomic mass is 10.3. The van der Waals surface area contributed by atoms with E-state index in [0.29, 0.717) is 13.1 Å². The molecule has 112 valence electrons. The molecule has 0 fully saturated rings. The molecule has 3 rings (SSSR count). The molecule has 21 heavy (non-hydrogen) atoms. The van der Waals surface area contributed by atoms with Gasteiger partial charge in [-0.15, -0.1) is 21.5 Å². The van der Waals surface area contributed by atoms with Gasteiger partial charge >= 0.3 is 0 Å². The molecular formula is C14H19N5OS. The van der Waals surface area contributed by atoms with E-state index in [0.717, 1.165) is 46.6 Å². The molecule has 6 nitrogen and oxygen atoms in total. The highest BCUT2D eigenvalue weighted by molar-refractivity contribution is 7.13. The molecule has 0 aromatic carbocycles. The Morgan fingerprint density at radius 1 is 1.24 bits per heavy atom. The maximum atomic E-state index is 12.7. The molecule has 0 N–H and O–H groups in total. The van der Waals surface area contributed by atoms with Gasteiger partial charge in [-0.25, -0.2) is 4.98 Å². The lowest BCUT2D eigenvalue weighted by molar-refractivity contribution is 0.0710. The van der Waals surface area contributed by atoms with Gasteiger partial charge in [-0.05, 0) is 13.3 Å². The van der Waals surface area contributed by atoms with Crippen LogP contribution in [0.2, 0.25) is 0 Å². The van der Waals surface area contributed by atoms with Crippen LogP contribution >= 0.6 is 11.3 Å². The quantitative estimate of drug-likeness (QED) is 0.868. The van der Waals surface area contributed by atoms with Gasteiger partial charge < -0.3 is 9.47 Å². The highest BCUT2D eigenvalue weighted by atomic mass is 32.1. The summed E-state index contributed by atoms with van der Waals surface area (Å²) in [6.07, 6.45) is 1.74. The van der Waals surface area contributed by atoms with Gasteiger partial charge in [0.2, 0.25) is 0 Å². The fourth-order valence-electron chi connectivity index (χ4n) is 2.60. The van der Waals surface area contributed by atoms with Gasteiger partial charge in [-0.2, -0.15) is 0 Å². The Kier molecular flexibility index (Phi) is 3.75. The molecule has 7 heteroatoms. The maximum absolute atomic E-state index is 12.7. The van der Waals surface area contributed by atoms with Crippen molar-refractivity contribution in [3.8, 4) is 0 Å². The zero-order valence-corrected chi connectivity index (χ0v) is 13.4. The third-order valence-corrected chi connectivity index (χ3v) is 5.06. The molecule has 0 radical (unpaired) electrons. The fourth-order valence-corrected chi connectivity index (χ4v) is 3.57. The van der Waals surface area contributed by atoms with E-state index in [1.807, 2.05) is 11.8 Å². The van der Waals surface area contributed by atoms with Crippen molar-refractivity contribution in [2.45, 2.75) is 46.7 Å². The van der Waals surface area contributed by atoms with Gasteiger partial charge in [0.15, 0.2) is 5.82 Å². The van der Waals surface area contributed by atoms with Crippen molar-refractivity contribution < 1.29 is 4.79 Å². The number of aromatic nitrogens is 4. The third kappa shape index (κ3) is 2.46. The van der Waals surface area contributed by atoms with Crippen LogP contribution in [0.5, 0.6) is 0 Å². The minimum absolute atomic E-state index is 0.0667. The topological polar surface area (TPSA) is 63.9 Å². The second-order valence-electron chi connectivity index (χ2n) is 5.14. The number of rotatable bonds is 3. The van der Waals surface area contributed by atoms with Crippen LogP contribution in [0.15, 0.2) is 0 Å². The Hall–Kier alpha value is -1.76. The van der Waals surface area contributed by atoms with Crippen molar-refractivity contribution in [2.75, 3.05) is 6.54 Å². The zero-order valence-electron chi connectivity index (χ0n) is 12.6. The number of hydrogen-bond acceptors (Lipinski definition) is 5. The molecule has 2 aromatic heterocycles. The highest BCUT2D eigenvalue weighted by Gasteiger charge is 2.27. The Bertz CT molecular complexity index is 675. The first-order valence-corrected chi connectivity index (χ1v) is 8.12. The summed E-state index contributed by atoms with van der Waals surface area (Å²) < 4.78 is 2.13. The van der Waals surface area contributed by atoms with Gasteiger partial charge in [0.05, 0.1) is 17.2 Å². The van der Waals surface area contributed by atoms with E-state index < -0.39 is 0 Å². The smallest absolute Gasteiger partial charge is 0.266 e. The van der Waals surface area contributed by atoms with E-state index >= 15 is 0 Å². The lowest BCUT2D eigenvalue weighted by Gasteiger charge is -2.27. The van der Waals surface area contributed by atoms with E-state index in [2.05, 4.69) is 33.6 Å². The summed E-state index contributed by atoms with van der Waals surface area (Å²) in [6.45, 7) is 8.05. The Balaban J connectivity index is 1.82. The molecule has 0 unspecified atom stereocenters. The Labute approximate surface area is 127 Å². The number of aryl methyl sites for hydroxylation is 3. The molecule has 0 saturated heterocycles. The van der Waals surface area contributed by atoms with E-state index in [1.54, 1.807) is 0 Å². The van der Waals surface area contributed by atoms with Gasteiger partial charge in [0.25, 0.3) is 5.91 Å². The van der Waals surface area contributed by atoms with Crippen LogP contribution < -0.4 is 0 Å². The zero-order chi connectivity index (χ0) is 15.0. The molecule has 3 heterocycles. The highest BCUT2D eigenvalue weighted by Crippen LogP contribution is 2.23. The molecule has 0 aliphatic carbocycles. The first-order valence-electron chi connectivity index (χ1n) is 7.30. The molecule has 0 atom stereocenters. The van der Waals surface area contributed by atoms with Gasteiger partial charge in [0, 0.05) is 19.5 Å². The molecule has 0 bridgehead atoms. The summed E-state index contributed by atoms with van der Waals surface area (Å²) in [4.78, 5) is 19.7. The SMILES string of the molecule is CCc1nc(C)c(C(=O)N2CCn3c(CC)nnc3C2)s1. The van der Waals surface area contributed by atoms with Crippen LogP contribution in [-0.2, 0) is 25.9 Å². The van der Waals surface area contributed by atoms with Crippen LogP contribution in [0.1, 0.15) is 45.9 Å².